The molecule has 0 spiro atoms. The van der Waals surface area contributed by atoms with Gasteiger partial charge in [-0.1, -0.05) is 30.3 Å². The molecule has 0 radical (unpaired) electrons. The molecule has 5 heteroatoms. The molecule has 2 aliphatic rings. The molecule has 1 atom stereocenters. The lowest BCUT2D eigenvalue weighted by Gasteiger charge is -2.29. The van der Waals surface area contributed by atoms with Crippen LogP contribution in [0.2, 0.25) is 0 Å². The number of hydrogen-bond acceptors (Lipinski definition) is 4. The van der Waals surface area contributed by atoms with E-state index in [9.17, 15) is 4.79 Å². The van der Waals surface area contributed by atoms with Crippen LogP contribution in [0.5, 0.6) is 5.75 Å². The van der Waals surface area contributed by atoms with Gasteiger partial charge in [0, 0.05) is 25.2 Å². The molecular weight excluding hydrogens is 350 g/mol. The van der Waals surface area contributed by atoms with E-state index in [2.05, 4.69) is 28.6 Å². The highest BCUT2D eigenvalue weighted by atomic mass is 16.5. The van der Waals surface area contributed by atoms with Crippen molar-refractivity contribution in [1.82, 2.24) is 10.2 Å². The molecular formula is C23H29N3O2. The van der Waals surface area contributed by atoms with Gasteiger partial charge < -0.3 is 20.3 Å². The maximum Gasteiger partial charge on any atom is 0.256 e. The third-order valence-corrected chi connectivity index (χ3v) is 5.80. The zero-order valence-electron chi connectivity index (χ0n) is 16.5. The number of ether oxygens (including phenoxy) is 1. The first-order chi connectivity index (χ1) is 13.7. The van der Waals surface area contributed by atoms with E-state index < -0.39 is 0 Å². The molecule has 148 valence electrons. The number of amides is 1. The van der Waals surface area contributed by atoms with E-state index in [1.54, 1.807) is 0 Å². The highest BCUT2D eigenvalue weighted by molar-refractivity contribution is 6.06. The number of likely N-dealkylation sites (tertiary alicyclic amines) is 1. The van der Waals surface area contributed by atoms with Crippen LogP contribution in [0.1, 0.15) is 41.1 Å². The van der Waals surface area contributed by atoms with E-state index in [1.165, 1.54) is 0 Å². The number of nitrogens with one attached hydrogen (secondary N) is 2. The van der Waals surface area contributed by atoms with Crippen molar-refractivity contribution in [1.29, 1.82) is 0 Å². The normalized spacial score (nSPS) is 20.8. The van der Waals surface area contributed by atoms with Crippen LogP contribution < -0.4 is 15.4 Å². The number of carbonyl (C=O) groups excluding carboxylic acids is 1. The molecule has 0 unspecified atom stereocenters. The first-order valence-corrected chi connectivity index (χ1v) is 10.3. The summed E-state index contributed by atoms with van der Waals surface area (Å²) in [5.74, 6) is 1.08. The lowest BCUT2D eigenvalue weighted by atomic mass is 9.93. The van der Waals surface area contributed by atoms with Crippen LogP contribution in [0.25, 0.3) is 0 Å². The fourth-order valence-electron chi connectivity index (χ4n) is 4.12. The molecule has 28 heavy (non-hydrogen) atoms. The maximum absolute atomic E-state index is 13.1. The Morgan fingerprint density at radius 3 is 2.61 bits per heavy atom. The van der Waals surface area contributed by atoms with Gasteiger partial charge in [0.05, 0.1) is 5.69 Å². The quantitative estimate of drug-likeness (QED) is 0.835. The van der Waals surface area contributed by atoms with Gasteiger partial charge in [0.15, 0.2) is 0 Å². The highest BCUT2D eigenvalue weighted by Crippen LogP contribution is 2.30. The Bertz CT molecular complexity index is 809. The van der Waals surface area contributed by atoms with Crippen molar-refractivity contribution < 1.29 is 9.53 Å². The van der Waals surface area contributed by atoms with Crippen molar-refractivity contribution in [3.8, 4) is 5.75 Å². The zero-order valence-corrected chi connectivity index (χ0v) is 16.5. The summed E-state index contributed by atoms with van der Waals surface area (Å²) in [5.41, 5.74) is 2.62. The third kappa shape index (κ3) is 4.37. The van der Waals surface area contributed by atoms with Crippen LogP contribution in [0, 0.1) is 0 Å². The first kappa shape index (κ1) is 19.0. The van der Waals surface area contributed by atoms with Gasteiger partial charge in [-0.25, -0.2) is 0 Å². The van der Waals surface area contributed by atoms with E-state index in [4.69, 9.17) is 4.74 Å². The van der Waals surface area contributed by atoms with E-state index in [1.807, 2.05) is 42.5 Å². The van der Waals surface area contributed by atoms with E-state index >= 15 is 0 Å². The Morgan fingerprint density at radius 2 is 1.82 bits per heavy atom. The number of para-hydroxylation sites is 2. The smallest absolute Gasteiger partial charge is 0.256 e. The monoisotopic (exact) mass is 379 g/mol. The first-order valence-electron chi connectivity index (χ1n) is 10.3. The van der Waals surface area contributed by atoms with Crippen LogP contribution in [-0.4, -0.2) is 50.1 Å². The summed E-state index contributed by atoms with van der Waals surface area (Å²) < 4.78 is 6.25. The molecule has 1 amide bonds. The molecule has 0 aromatic heterocycles. The predicted octanol–water partition coefficient (Wildman–Crippen LogP) is 3.49. The molecule has 0 saturated carbocycles. The fourth-order valence-corrected chi connectivity index (χ4v) is 4.12. The van der Waals surface area contributed by atoms with E-state index in [0.29, 0.717) is 5.92 Å². The summed E-state index contributed by atoms with van der Waals surface area (Å²) in [6, 6.07) is 15.7. The standard InChI is InChI=1S/C23H29N3O2/c1-26-14-11-18(12-15-26)28-22-9-5-4-8-21(22)25-23(27)20-7-3-2-6-19(20)17-10-13-24-16-17/h2-9,17-18,24H,10-16H2,1H3,(H,25,27)/t17-/m0/s1. The minimum Gasteiger partial charge on any atom is -0.488 e. The van der Waals surface area contributed by atoms with Crippen molar-refractivity contribution >= 4 is 11.6 Å². The van der Waals surface area contributed by atoms with Gasteiger partial charge in [-0.05, 0) is 62.5 Å². The molecule has 2 fully saturated rings. The minimum absolute atomic E-state index is 0.0677. The second kappa shape index (κ2) is 8.76. The third-order valence-electron chi connectivity index (χ3n) is 5.80. The van der Waals surface area contributed by atoms with Gasteiger partial charge in [0.1, 0.15) is 11.9 Å². The number of anilines is 1. The summed E-state index contributed by atoms with van der Waals surface area (Å²) in [4.78, 5) is 15.4. The van der Waals surface area contributed by atoms with Crippen molar-refractivity contribution in [2.75, 3.05) is 38.5 Å². The van der Waals surface area contributed by atoms with Crippen molar-refractivity contribution in [2.24, 2.45) is 0 Å². The largest absolute Gasteiger partial charge is 0.488 e. The zero-order chi connectivity index (χ0) is 19.3. The second-order valence-corrected chi connectivity index (χ2v) is 7.85. The summed E-state index contributed by atoms with van der Waals surface area (Å²) in [6.45, 7) is 4.03. The van der Waals surface area contributed by atoms with Crippen LogP contribution >= 0.6 is 0 Å². The Morgan fingerprint density at radius 1 is 1.07 bits per heavy atom. The van der Waals surface area contributed by atoms with Crippen LogP contribution in [-0.2, 0) is 0 Å². The van der Waals surface area contributed by atoms with Gasteiger partial charge in [0.25, 0.3) is 5.91 Å². The molecule has 5 nitrogen and oxygen atoms in total. The Hall–Kier alpha value is -2.37. The highest BCUT2D eigenvalue weighted by Gasteiger charge is 2.23. The van der Waals surface area contributed by atoms with Crippen LogP contribution in [0.3, 0.4) is 0 Å². The summed E-state index contributed by atoms with van der Waals surface area (Å²) >= 11 is 0. The lowest BCUT2D eigenvalue weighted by Crippen LogP contribution is -2.35. The van der Waals surface area contributed by atoms with Crippen LogP contribution in [0.4, 0.5) is 5.69 Å². The topological polar surface area (TPSA) is 53.6 Å². The van der Waals surface area contributed by atoms with E-state index in [-0.39, 0.29) is 12.0 Å². The number of carbonyl (C=O) groups is 1. The van der Waals surface area contributed by atoms with Gasteiger partial charge in [-0.3, -0.25) is 4.79 Å². The van der Waals surface area contributed by atoms with Crippen LogP contribution in [0.15, 0.2) is 48.5 Å². The molecule has 2 aromatic carbocycles. The van der Waals surface area contributed by atoms with Gasteiger partial charge >= 0.3 is 0 Å². The average Bonchev–Trinajstić information content (AvgIpc) is 3.26. The Balaban J connectivity index is 1.50. The predicted molar refractivity (Wildman–Crippen MR) is 112 cm³/mol. The molecule has 2 aromatic rings. The number of benzene rings is 2. The van der Waals surface area contributed by atoms with Gasteiger partial charge in [-0.15, -0.1) is 0 Å². The summed E-state index contributed by atoms with van der Waals surface area (Å²) in [6.07, 6.45) is 3.29. The maximum atomic E-state index is 13.1. The Labute approximate surface area is 167 Å². The second-order valence-electron chi connectivity index (χ2n) is 7.85. The molecule has 2 saturated heterocycles. The molecule has 2 heterocycles. The SMILES string of the molecule is CN1CCC(Oc2ccccc2NC(=O)c2ccccc2[C@H]2CCNC2)CC1. The number of piperidine rings is 1. The summed E-state index contributed by atoms with van der Waals surface area (Å²) in [7, 11) is 2.14. The van der Waals surface area contributed by atoms with Crippen molar-refractivity contribution in [3.63, 3.8) is 0 Å². The van der Waals surface area contributed by atoms with Crippen molar-refractivity contribution in [2.45, 2.75) is 31.3 Å². The fraction of sp³-hybridized carbons (Fsp3) is 0.435. The number of rotatable bonds is 5. The van der Waals surface area contributed by atoms with Crippen molar-refractivity contribution in [3.05, 3.63) is 59.7 Å². The number of hydrogen-bond donors (Lipinski definition) is 2. The average molecular weight is 380 g/mol. The number of nitrogens with zero attached hydrogens (tertiary/aromatic N) is 1. The minimum atomic E-state index is -0.0677. The summed E-state index contributed by atoms with van der Waals surface area (Å²) in [5, 5.41) is 6.48. The van der Waals surface area contributed by atoms with Gasteiger partial charge in [-0.2, -0.15) is 0 Å². The van der Waals surface area contributed by atoms with E-state index in [0.717, 1.165) is 68.0 Å². The lowest BCUT2D eigenvalue weighted by molar-refractivity contribution is 0.102. The van der Waals surface area contributed by atoms with Gasteiger partial charge in [0.2, 0.25) is 0 Å². The molecule has 2 N–H and O–H groups in total. The molecule has 0 bridgehead atoms. The molecule has 0 aliphatic carbocycles. The molecule has 2 aliphatic heterocycles. The molecule has 4 rings (SSSR count). The Kier molecular flexibility index (Phi) is 5.93.